The van der Waals surface area contributed by atoms with Gasteiger partial charge in [-0.1, -0.05) is 171 Å². The molecule has 0 spiro atoms. The molecule has 6 aliphatic carbocycles. The fraction of sp³-hybridized carbons (Fsp3) is 0.700. The number of aliphatic hydroxyl groups excluding tert-OH is 1. The lowest BCUT2D eigenvalue weighted by molar-refractivity contribution is -0.347. The van der Waals surface area contributed by atoms with Crippen LogP contribution < -0.4 is 10.6 Å². The van der Waals surface area contributed by atoms with Gasteiger partial charge in [0.25, 0.3) is 11.2 Å². The largest absolute Gasteiger partial charge is 0.429 e. The van der Waals surface area contributed by atoms with E-state index in [9.17, 15) is 86.1 Å². The van der Waals surface area contributed by atoms with Crippen LogP contribution in [0.2, 0.25) is 57.4 Å². The van der Waals surface area contributed by atoms with E-state index in [1.807, 2.05) is 86.7 Å². The summed E-state index contributed by atoms with van der Waals surface area (Å²) in [6, 6.07) is 19.2. The van der Waals surface area contributed by atoms with E-state index < -0.39 is 166 Å². The summed E-state index contributed by atoms with van der Waals surface area (Å²) in [7, 11) is -11.1. The summed E-state index contributed by atoms with van der Waals surface area (Å²) in [5, 5.41) is 32.3. The number of hydrogen-bond donors (Lipinski definition) is 3. The topological polar surface area (TPSA) is 123 Å². The number of ketones is 1. The highest BCUT2D eigenvalue weighted by Gasteiger charge is 2.72. The standard InChI is InChI=1S/C33H47F7O3.C30H52F6O3Si2.C27H36FO2PSi/c1-21-23(19-24(41)20-26(21)34)11-10-22-9-6-17-30(5)25(22)12-13-27(30)29(4,15-7-14-28(2,3)42)16-8-18-31(43,32(35,36)37)33(38,39)40;1-25(2,38-40(5,6)7)17-12-18-26(3,24-16-15-22-23(37)14-11-20-27(22,24)4)19-13-21-28(29(31,32)33,30(34,35)36)39-41(8,9)10;1-21-22(19-23(20-26(21)28)30-32(5,6)27(2,3)4)17-18-31(29,24-13-9-7-10-14-24)25-15-11-8-12-16-25/h8,10-11,18,24-27,41-43H,1,6-7,9,12-17,19-20H2,2-5H3;13,21-22,24H,11-12,14-20H2,1-10H3;7-17,23,26H,1,18-20H2,2-6H3/b18-8+,22-10+,23-11-;21-13+;22-17-/t24-,25?,26+,27-,29?,30+;22?,24-,26?,27+;23-,26+/m111/s1/i2D3,3D3;1D3,2D3;. The molecule has 6 fully saturated rings. The summed E-state index contributed by atoms with van der Waals surface area (Å²) >= 11 is 0. The van der Waals surface area contributed by atoms with E-state index in [1.54, 1.807) is 39.6 Å². The number of rotatable bonds is 27. The van der Waals surface area contributed by atoms with Gasteiger partial charge in [0.15, 0.2) is 25.0 Å². The Morgan fingerprint density at radius 3 is 1.53 bits per heavy atom. The van der Waals surface area contributed by atoms with E-state index in [4.69, 9.17) is 29.7 Å². The SMILES string of the molecule is C=C1/C(=C\CP(=O)(c2ccccc2)c2ccccc2)C[C@@H](O[Si](C)(C)C(C)(C)C)C[C@@H]1F.[2H]C([2H])([2H])C(CCCC(C)(C/C=C/C(O[Si](C)(C)C)(C(F)(F)F)C(F)(F)F)[C@H]1CCC2C(=O)CCC[C@@]21C)(O[Si](C)(C)C)C([2H])([2H])[2H].[2H]C([2H])([2H])C(O)(CCCC(C)(C/C=C/C(O)(C(F)(F)F)C(F)(F)F)[C@H]1CCC2/C(=C/C=C3/C[C@@H](O)C[C@H](F)C3=C)CCC[C@@]21C)C([2H])([2H])[2H]. The number of allylic oxidation sites excluding steroid dienone is 8. The van der Waals surface area contributed by atoms with Crippen molar-refractivity contribution in [1.82, 2.24) is 0 Å². The maximum absolute atomic E-state index is 14.9. The molecule has 658 valence electrons. The van der Waals surface area contributed by atoms with Gasteiger partial charge in [-0.05, 0) is 268 Å². The number of Topliss-reactive ketones (excluding diaryl/α,β-unsaturated/α-hetero) is 1. The van der Waals surface area contributed by atoms with E-state index in [2.05, 4.69) is 47.0 Å². The number of aliphatic hydroxyl groups is 3. The highest BCUT2D eigenvalue weighted by molar-refractivity contribution is 7.78. The zero-order chi connectivity index (χ0) is 98.1. The minimum Gasteiger partial charge on any atom is -0.413 e. The molecule has 0 radical (unpaired) electrons. The zero-order valence-electron chi connectivity index (χ0n) is 82.2. The van der Waals surface area contributed by atoms with E-state index in [0.29, 0.717) is 100 Å². The van der Waals surface area contributed by atoms with E-state index in [0.717, 1.165) is 27.8 Å². The van der Waals surface area contributed by atoms with E-state index in [-0.39, 0.29) is 103 Å². The summed E-state index contributed by atoms with van der Waals surface area (Å²) in [6.45, 7) is 22.1. The molecule has 3 N–H and O–H groups in total. The molecule has 2 aromatic carbocycles. The minimum absolute atomic E-state index is 0.0358. The molecule has 0 saturated heterocycles. The van der Waals surface area contributed by atoms with Crippen molar-refractivity contribution in [2.75, 3.05) is 6.16 Å². The fourth-order valence-electron chi connectivity index (χ4n) is 19.0. The molecule has 26 heteroatoms. The van der Waals surface area contributed by atoms with E-state index in [1.165, 1.54) is 19.6 Å². The maximum Gasteiger partial charge on any atom is 0.429 e. The first-order chi connectivity index (χ1) is 57.7. The van der Waals surface area contributed by atoms with Crippen molar-refractivity contribution < 1.29 is 116 Å². The fourth-order valence-corrected chi connectivity index (χ4v) is 25.3. The summed E-state index contributed by atoms with van der Waals surface area (Å²) < 4.78 is 323. The van der Waals surface area contributed by atoms with Crippen LogP contribution in [0.15, 0.2) is 144 Å². The van der Waals surface area contributed by atoms with Gasteiger partial charge < -0.3 is 33.2 Å². The first-order valence-corrected chi connectivity index (χ1v) is 52.1. The Morgan fingerprint density at radius 1 is 0.586 bits per heavy atom. The van der Waals surface area contributed by atoms with Crippen LogP contribution in [-0.4, -0.2) is 124 Å². The Balaban J connectivity index is 0.000000303. The van der Waals surface area contributed by atoms with Gasteiger partial charge in [0, 0.05) is 58.4 Å². The third kappa shape index (κ3) is 24.9. The van der Waals surface area contributed by atoms with Gasteiger partial charge in [0.05, 0.1) is 23.4 Å². The second-order valence-electron chi connectivity index (χ2n) is 38.2. The number of halogens is 14. The molecule has 0 amide bonds. The molecule has 0 aromatic heterocycles. The summed E-state index contributed by atoms with van der Waals surface area (Å²) in [4.78, 5) is 12.9. The number of alkyl halides is 14. The molecular weight excluding hydrogens is 1590 g/mol. The van der Waals surface area contributed by atoms with Gasteiger partial charge in [0.1, 0.15) is 25.3 Å². The lowest BCUT2D eigenvalue weighted by Gasteiger charge is -2.49. The molecule has 0 aliphatic heterocycles. The molecule has 116 heavy (non-hydrogen) atoms. The van der Waals surface area contributed by atoms with Gasteiger partial charge in [-0.3, -0.25) is 4.79 Å². The zero-order valence-corrected chi connectivity index (χ0v) is 74.1. The van der Waals surface area contributed by atoms with Crippen molar-refractivity contribution in [3.8, 4) is 0 Å². The second kappa shape index (κ2) is 37.6. The Morgan fingerprint density at radius 2 is 1.05 bits per heavy atom. The third-order valence-corrected chi connectivity index (χ3v) is 35.1. The molecule has 6 aliphatic rings. The van der Waals surface area contributed by atoms with Crippen molar-refractivity contribution in [2.24, 2.45) is 45.3 Å². The molecule has 8 nitrogen and oxygen atoms in total. The molecule has 4 unspecified atom stereocenters. The molecule has 8 rings (SSSR count). The van der Waals surface area contributed by atoms with Crippen molar-refractivity contribution >= 4 is 48.5 Å². The normalized spacial score (nSPS) is 29.7. The minimum atomic E-state index is -6.07. The summed E-state index contributed by atoms with van der Waals surface area (Å²) in [5.41, 5.74) is -15.3. The number of fused-ring (bicyclic) bond motifs is 2. The molecule has 6 saturated carbocycles. The summed E-state index contributed by atoms with van der Waals surface area (Å²) in [6.07, 6.45) is -15.2. The van der Waals surface area contributed by atoms with Crippen LogP contribution in [0.4, 0.5) is 61.5 Å². The Bertz CT molecular complexity index is 4220. The van der Waals surface area contributed by atoms with Crippen LogP contribution in [0.3, 0.4) is 0 Å². The average Bonchev–Trinajstić information content (AvgIpc) is 1.28. The Labute approximate surface area is 703 Å². The maximum atomic E-state index is 14.9. The quantitative estimate of drug-likeness (QED) is 0.0350. The Kier molecular flexibility index (Phi) is 26.8. The van der Waals surface area contributed by atoms with Gasteiger partial charge in [-0.15, -0.1) is 0 Å². The highest BCUT2D eigenvalue weighted by atomic mass is 31.2. The van der Waals surface area contributed by atoms with Gasteiger partial charge in [0.2, 0.25) is 0 Å². The van der Waals surface area contributed by atoms with Gasteiger partial charge in [-0.25, -0.2) is 8.78 Å². The predicted molar refractivity (Wildman–Crippen MR) is 447 cm³/mol. The first kappa shape index (κ1) is 82.9. The van der Waals surface area contributed by atoms with Crippen molar-refractivity contribution in [3.63, 3.8) is 0 Å². The molecule has 12 atom stereocenters. The van der Waals surface area contributed by atoms with Crippen molar-refractivity contribution in [3.05, 3.63) is 144 Å². The monoisotopic (exact) mass is 1740 g/mol. The predicted octanol–water partition coefficient (Wildman–Crippen LogP) is 26.1. The highest BCUT2D eigenvalue weighted by Crippen LogP contribution is 2.65. The lowest BCUT2D eigenvalue weighted by atomic mass is 9.55. The first-order valence-electron chi connectivity index (χ1n) is 46.5. The molecule has 0 heterocycles. The number of benzene rings is 2. The smallest absolute Gasteiger partial charge is 0.413 e. The van der Waals surface area contributed by atoms with Crippen LogP contribution in [0.5, 0.6) is 0 Å². The Hall–Kier alpha value is -4.05. The third-order valence-electron chi connectivity index (χ3n) is 25.7. The van der Waals surface area contributed by atoms with Gasteiger partial charge in [-0.2, -0.15) is 52.7 Å². The summed E-state index contributed by atoms with van der Waals surface area (Å²) in [5.74, 6) is -0.957. The molecule has 0 bridgehead atoms. The van der Waals surface area contributed by atoms with Crippen molar-refractivity contribution in [1.29, 1.82) is 0 Å². The molecule has 2 aromatic rings. The van der Waals surface area contributed by atoms with Crippen LogP contribution >= 0.6 is 7.14 Å². The van der Waals surface area contributed by atoms with Crippen molar-refractivity contribution in [2.45, 2.75) is 346 Å². The van der Waals surface area contributed by atoms with Crippen LogP contribution in [0, 0.1) is 45.3 Å². The second-order valence-corrected chi connectivity index (χ2v) is 54.7. The van der Waals surface area contributed by atoms with Crippen LogP contribution in [-0.2, 0) is 22.6 Å². The van der Waals surface area contributed by atoms with Crippen LogP contribution in [0.25, 0.3) is 0 Å². The van der Waals surface area contributed by atoms with Gasteiger partial charge >= 0.3 is 24.7 Å². The van der Waals surface area contributed by atoms with Crippen LogP contribution in [0.1, 0.15) is 234 Å². The number of hydrogen-bond acceptors (Lipinski definition) is 8. The lowest BCUT2D eigenvalue weighted by Crippen LogP contribution is -2.61. The number of carbonyl (C=O) groups is 1. The average molecular weight is 1740 g/mol. The van der Waals surface area contributed by atoms with E-state index >= 15 is 0 Å². The number of carbonyl (C=O) groups excluding carboxylic acids is 1. The molecular formula is C90H135F14O8PSi3.